The summed E-state index contributed by atoms with van der Waals surface area (Å²) in [6.07, 6.45) is 0. The summed E-state index contributed by atoms with van der Waals surface area (Å²) in [4.78, 5) is -0.898. The van der Waals surface area contributed by atoms with Crippen LogP contribution >= 0.6 is 10.7 Å². The van der Waals surface area contributed by atoms with Crippen LogP contribution in [0.15, 0.2) is 17.0 Å². The molecular weight excluding hydrogens is 250 g/mol. The van der Waals surface area contributed by atoms with E-state index in [0.717, 1.165) is 12.1 Å². The second kappa shape index (κ2) is 4.32. The van der Waals surface area contributed by atoms with Crippen LogP contribution in [0.2, 0.25) is 0 Å². The maximum absolute atomic E-state index is 13.2. The van der Waals surface area contributed by atoms with Crippen LogP contribution in [0.4, 0.5) is 8.78 Å². The van der Waals surface area contributed by atoms with E-state index in [2.05, 4.69) is 0 Å². The van der Waals surface area contributed by atoms with Crippen LogP contribution in [0.5, 0.6) is 5.75 Å². The van der Waals surface area contributed by atoms with Crippen LogP contribution < -0.4 is 4.74 Å². The van der Waals surface area contributed by atoms with Crippen molar-refractivity contribution in [1.29, 1.82) is 0 Å². The lowest BCUT2D eigenvalue weighted by atomic mass is 10.3. The molecule has 0 heterocycles. The monoisotopic (exact) mass is 256 g/mol. The third-order valence-electron chi connectivity index (χ3n) is 1.57. The molecule has 0 aliphatic rings. The maximum atomic E-state index is 13.2. The van der Waals surface area contributed by atoms with E-state index < -0.39 is 25.6 Å². The van der Waals surface area contributed by atoms with Crippen LogP contribution in [-0.2, 0) is 9.05 Å². The van der Waals surface area contributed by atoms with Gasteiger partial charge in [-0.25, -0.2) is 12.8 Å². The lowest BCUT2D eigenvalue weighted by Gasteiger charge is -2.06. The molecule has 0 saturated heterocycles. The van der Waals surface area contributed by atoms with Crippen molar-refractivity contribution < 1.29 is 21.9 Å². The summed E-state index contributed by atoms with van der Waals surface area (Å²) in [5.41, 5.74) is 0. The Morgan fingerprint density at radius 2 is 1.93 bits per heavy atom. The largest absolute Gasteiger partial charge is 0.491 e. The highest BCUT2D eigenvalue weighted by molar-refractivity contribution is 8.13. The average Bonchev–Trinajstić information content (AvgIpc) is 2.11. The van der Waals surface area contributed by atoms with Gasteiger partial charge in [0.05, 0.1) is 6.61 Å². The number of hydrogen-bond donors (Lipinski definition) is 0. The van der Waals surface area contributed by atoms with Crippen LogP contribution in [0.25, 0.3) is 0 Å². The molecule has 0 aliphatic heterocycles. The van der Waals surface area contributed by atoms with Crippen molar-refractivity contribution in [2.45, 2.75) is 11.8 Å². The fourth-order valence-corrected chi connectivity index (χ4v) is 1.86. The van der Waals surface area contributed by atoms with Crippen LogP contribution in [0.1, 0.15) is 6.92 Å². The van der Waals surface area contributed by atoms with Gasteiger partial charge in [-0.15, -0.1) is 0 Å². The van der Waals surface area contributed by atoms with Crippen LogP contribution in [0, 0.1) is 11.6 Å². The molecule has 7 heteroatoms. The Bertz CT molecular complexity index is 473. The number of ether oxygens (including phenoxy) is 1. The van der Waals surface area contributed by atoms with E-state index in [0.29, 0.717) is 0 Å². The molecule has 1 aromatic carbocycles. The standard InChI is InChI=1S/C8H7ClF2O3S/c1-2-14-5-3-4-6(15(9,12)13)8(11)7(5)10/h3-4H,2H2,1H3. The highest BCUT2D eigenvalue weighted by Gasteiger charge is 2.22. The molecule has 0 bridgehead atoms. The van der Waals surface area contributed by atoms with E-state index in [1.165, 1.54) is 0 Å². The van der Waals surface area contributed by atoms with Gasteiger partial charge in [0.2, 0.25) is 5.82 Å². The molecule has 0 amide bonds. The summed E-state index contributed by atoms with van der Waals surface area (Å²) >= 11 is 0. The summed E-state index contributed by atoms with van der Waals surface area (Å²) in [5, 5.41) is 0. The van der Waals surface area contributed by atoms with Gasteiger partial charge in [-0.1, -0.05) is 0 Å². The van der Waals surface area contributed by atoms with Gasteiger partial charge < -0.3 is 4.74 Å². The Morgan fingerprint density at radius 3 is 2.40 bits per heavy atom. The second-order valence-corrected chi connectivity index (χ2v) is 5.10. The normalized spacial score (nSPS) is 11.5. The zero-order chi connectivity index (χ0) is 11.6. The van der Waals surface area contributed by atoms with Crippen molar-refractivity contribution in [2.24, 2.45) is 0 Å². The molecule has 0 aromatic heterocycles. The first kappa shape index (κ1) is 12.2. The Labute approximate surface area is 90.0 Å². The Hall–Kier alpha value is -0.880. The minimum atomic E-state index is -4.29. The minimum Gasteiger partial charge on any atom is -0.491 e. The molecule has 0 atom stereocenters. The van der Waals surface area contributed by atoms with Gasteiger partial charge in [0.1, 0.15) is 4.90 Å². The zero-order valence-electron chi connectivity index (χ0n) is 7.63. The molecule has 0 spiro atoms. The number of rotatable bonds is 3. The van der Waals surface area contributed by atoms with Crippen molar-refractivity contribution in [1.82, 2.24) is 0 Å². The zero-order valence-corrected chi connectivity index (χ0v) is 9.20. The van der Waals surface area contributed by atoms with Crippen LogP contribution in [0.3, 0.4) is 0 Å². The SMILES string of the molecule is CCOc1ccc(S(=O)(=O)Cl)c(F)c1F. The average molecular weight is 257 g/mol. The van der Waals surface area contributed by atoms with Crippen molar-refractivity contribution in [3.63, 3.8) is 0 Å². The maximum Gasteiger partial charge on any atom is 0.264 e. The fraction of sp³-hybridized carbons (Fsp3) is 0.250. The van der Waals surface area contributed by atoms with Gasteiger partial charge in [-0.3, -0.25) is 0 Å². The minimum absolute atomic E-state index is 0.142. The van der Waals surface area contributed by atoms with E-state index in [1.54, 1.807) is 6.92 Å². The van der Waals surface area contributed by atoms with Gasteiger partial charge in [0, 0.05) is 10.7 Å². The van der Waals surface area contributed by atoms with E-state index in [9.17, 15) is 17.2 Å². The topological polar surface area (TPSA) is 43.4 Å². The molecule has 3 nitrogen and oxygen atoms in total. The predicted molar refractivity (Wildman–Crippen MR) is 50.6 cm³/mol. The quantitative estimate of drug-likeness (QED) is 0.780. The molecular formula is C8H7ClF2O3S. The summed E-state index contributed by atoms with van der Waals surface area (Å²) < 4.78 is 52.6. The molecule has 15 heavy (non-hydrogen) atoms. The molecule has 0 saturated carbocycles. The Morgan fingerprint density at radius 1 is 1.33 bits per heavy atom. The van der Waals surface area contributed by atoms with E-state index in [1.807, 2.05) is 0 Å². The second-order valence-electron chi connectivity index (χ2n) is 2.56. The smallest absolute Gasteiger partial charge is 0.264 e. The van der Waals surface area contributed by atoms with E-state index in [-0.39, 0.29) is 12.4 Å². The summed E-state index contributed by atoms with van der Waals surface area (Å²) in [5.74, 6) is -3.24. The first-order valence-electron chi connectivity index (χ1n) is 3.93. The third kappa shape index (κ3) is 2.57. The molecule has 1 rings (SSSR count). The Kier molecular flexibility index (Phi) is 3.51. The molecule has 84 valence electrons. The van der Waals surface area contributed by atoms with Gasteiger partial charge in [-0.05, 0) is 19.1 Å². The van der Waals surface area contributed by atoms with Crippen molar-refractivity contribution in [3.05, 3.63) is 23.8 Å². The van der Waals surface area contributed by atoms with E-state index in [4.69, 9.17) is 15.4 Å². The first-order valence-corrected chi connectivity index (χ1v) is 6.24. The third-order valence-corrected chi connectivity index (χ3v) is 2.91. The van der Waals surface area contributed by atoms with Crippen molar-refractivity contribution in [3.8, 4) is 5.75 Å². The Balaban J connectivity index is 3.34. The molecule has 0 N–H and O–H groups in total. The molecule has 0 fully saturated rings. The number of halogens is 3. The summed E-state index contributed by atoms with van der Waals surface area (Å²) in [6, 6.07) is 1.86. The van der Waals surface area contributed by atoms with Gasteiger partial charge in [0.15, 0.2) is 11.6 Å². The molecule has 0 unspecified atom stereocenters. The summed E-state index contributed by atoms with van der Waals surface area (Å²) in [6.45, 7) is 1.73. The van der Waals surface area contributed by atoms with Gasteiger partial charge >= 0.3 is 0 Å². The molecule has 0 aliphatic carbocycles. The van der Waals surface area contributed by atoms with E-state index >= 15 is 0 Å². The fourth-order valence-electron chi connectivity index (χ4n) is 0.969. The van der Waals surface area contributed by atoms with Gasteiger partial charge in [-0.2, -0.15) is 4.39 Å². The highest BCUT2D eigenvalue weighted by Crippen LogP contribution is 2.27. The first-order chi connectivity index (χ1) is 6.88. The lowest BCUT2D eigenvalue weighted by molar-refractivity contribution is 0.312. The molecule has 0 radical (unpaired) electrons. The van der Waals surface area contributed by atoms with Crippen molar-refractivity contribution >= 4 is 19.7 Å². The predicted octanol–water partition coefficient (Wildman–Crippen LogP) is 2.29. The summed E-state index contributed by atoms with van der Waals surface area (Å²) in [7, 11) is 0.604. The van der Waals surface area contributed by atoms with Gasteiger partial charge in [0.25, 0.3) is 9.05 Å². The van der Waals surface area contributed by atoms with Crippen LogP contribution in [-0.4, -0.2) is 15.0 Å². The number of benzene rings is 1. The molecule has 1 aromatic rings. The highest BCUT2D eigenvalue weighted by atomic mass is 35.7. The van der Waals surface area contributed by atoms with Crippen molar-refractivity contribution in [2.75, 3.05) is 6.61 Å². The lowest BCUT2D eigenvalue weighted by Crippen LogP contribution is -2.02. The number of hydrogen-bond acceptors (Lipinski definition) is 3.